The van der Waals surface area contributed by atoms with Crippen molar-refractivity contribution in [1.29, 1.82) is 0 Å². The van der Waals surface area contributed by atoms with E-state index in [1.807, 2.05) is 24.3 Å². The molecule has 1 atom stereocenters. The van der Waals surface area contributed by atoms with E-state index in [0.717, 1.165) is 0 Å². The van der Waals surface area contributed by atoms with Crippen molar-refractivity contribution in [2.75, 3.05) is 38.6 Å². The quantitative estimate of drug-likeness (QED) is 0.695. The van der Waals surface area contributed by atoms with Gasteiger partial charge in [0.25, 0.3) is 0 Å². The summed E-state index contributed by atoms with van der Waals surface area (Å²) in [6.45, 7) is 0.718. The third-order valence-corrected chi connectivity index (χ3v) is 4.78. The summed E-state index contributed by atoms with van der Waals surface area (Å²) in [5, 5.41) is 6.16. The Morgan fingerprint density at radius 3 is 2.41 bits per heavy atom. The highest BCUT2D eigenvalue weighted by atomic mass is 35.5. The highest BCUT2D eigenvalue weighted by molar-refractivity contribution is 6.39. The number of hydrogen-bond donors (Lipinski definition) is 2. The van der Waals surface area contributed by atoms with Gasteiger partial charge in [0.1, 0.15) is 12.7 Å². The summed E-state index contributed by atoms with van der Waals surface area (Å²) in [6, 6.07) is 12.3. The minimum atomic E-state index is -0.323. The van der Waals surface area contributed by atoms with Crippen molar-refractivity contribution < 1.29 is 19.1 Å². The van der Waals surface area contributed by atoms with E-state index in [0.29, 0.717) is 40.4 Å². The van der Waals surface area contributed by atoms with Crippen molar-refractivity contribution in [2.24, 2.45) is 0 Å². The largest absolute Gasteiger partial charge is 0.486 e. The highest BCUT2D eigenvalue weighted by Gasteiger charge is 2.21. The minimum Gasteiger partial charge on any atom is -0.486 e. The molecule has 0 radical (unpaired) electrons. The van der Waals surface area contributed by atoms with E-state index >= 15 is 0 Å². The number of hydrogen-bond acceptors (Lipinski definition) is 5. The van der Waals surface area contributed by atoms with Crippen LogP contribution < -0.4 is 20.1 Å². The Morgan fingerprint density at radius 2 is 1.69 bits per heavy atom. The van der Waals surface area contributed by atoms with Crippen LogP contribution in [0.25, 0.3) is 0 Å². The summed E-state index contributed by atoms with van der Waals surface area (Å²) in [6.07, 6.45) is -0.273. The number of para-hydroxylation sites is 3. The lowest BCUT2D eigenvalue weighted by Gasteiger charge is -2.26. The molecule has 1 aliphatic rings. The molecule has 0 bridgehead atoms. The molecule has 0 aliphatic carbocycles. The van der Waals surface area contributed by atoms with E-state index in [1.165, 1.54) is 0 Å². The second-order valence-electron chi connectivity index (χ2n) is 6.62. The van der Waals surface area contributed by atoms with Gasteiger partial charge in [0.2, 0.25) is 11.8 Å². The first kappa shape index (κ1) is 21.2. The first-order chi connectivity index (χ1) is 13.9. The topological polar surface area (TPSA) is 79.9 Å². The zero-order valence-electron chi connectivity index (χ0n) is 15.8. The SMILES string of the molecule is CN(CC(=O)NC[C@H]1COc2ccccc2O1)CC(=O)Nc1c(Cl)cccc1Cl. The van der Waals surface area contributed by atoms with Gasteiger partial charge >= 0.3 is 0 Å². The van der Waals surface area contributed by atoms with E-state index in [9.17, 15) is 9.59 Å². The third-order valence-electron chi connectivity index (χ3n) is 4.15. The van der Waals surface area contributed by atoms with Crippen LogP contribution >= 0.6 is 23.2 Å². The normalized spacial score (nSPS) is 15.1. The zero-order chi connectivity index (χ0) is 20.8. The summed E-state index contributed by atoms with van der Waals surface area (Å²) in [7, 11) is 1.67. The molecule has 2 aromatic carbocycles. The molecule has 7 nitrogen and oxygen atoms in total. The Balaban J connectivity index is 1.41. The summed E-state index contributed by atoms with van der Waals surface area (Å²) < 4.78 is 11.4. The van der Waals surface area contributed by atoms with Crippen molar-refractivity contribution in [2.45, 2.75) is 6.10 Å². The monoisotopic (exact) mass is 437 g/mol. The molecule has 0 spiro atoms. The van der Waals surface area contributed by atoms with Gasteiger partial charge in [-0.05, 0) is 31.3 Å². The van der Waals surface area contributed by atoms with Crippen LogP contribution in [0, 0.1) is 0 Å². The van der Waals surface area contributed by atoms with E-state index in [1.54, 1.807) is 30.1 Å². The van der Waals surface area contributed by atoms with Crippen LogP contribution in [0.15, 0.2) is 42.5 Å². The van der Waals surface area contributed by atoms with Crippen LogP contribution in [0.4, 0.5) is 5.69 Å². The molecule has 2 amide bonds. The Labute approximate surface area is 178 Å². The second-order valence-corrected chi connectivity index (χ2v) is 7.43. The highest BCUT2D eigenvalue weighted by Crippen LogP contribution is 2.31. The molecule has 9 heteroatoms. The average molecular weight is 438 g/mol. The molecule has 0 saturated heterocycles. The summed E-state index contributed by atoms with van der Waals surface area (Å²) in [5.41, 5.74) is 0.355. The number of nitrogens with zero attached hydrogens (tertiary/aromatic N) is 1. The lowest BCUT2D eigenvalue weighted by Crippen LogP contribution is -2.44. The first-order valence-corrected chi connectivity index (χ1v) is 9.75. The Morgan fingerprint density at radius 1 is 1.03 bits per heavy atom. The van der Waals surface area contributed by atoms with Crippen LogP contribution in [0.5, 0.6) is 11.5 Å². The van der Waals surface area contributed by atoms with Crippen LogP contribution in [0.2, 0.25) is 10.0 Å². The van der Waals surface area contributed by atoms with Crippen LogP contribution in [0.3, 0.4) is 0 Å². The van der Waals surface area contributed by atoms with Crippen molar-refractivity contribution in [3.05, 3.63) is 52.5 Å². The fourth-order valence-electron chi connectivity index (χ4n) is 2.79. The van der Waals surface area contributed by atoms with Crippen molar-refractivity contribution in [3.8, 4) is 11.5 Å². The number of fused-ring (bicyclic) bond motifs is 1. The number of nitrogens with one attached hydrogen (secondary N) is 2. The van der Waals surface area contributed by atoms with Crippen molar-refractivity contribution in [1.82, 2.24) is 10.2 Å². The molecule has 0 saturated carbocycles. The Hall–Kier alpha value is -2.48. The standard InChI is InChI=1S/C20H21Cl2N3O4/c1-25(11-19(27)24-20-14(21)5-4-6-15(20)22)10-18(26)23-9-13-12-28-16-7-2-3-8-17(16)29-13/h2-8,13H,9-12H2,1H3,(H,23,26)(H,24,27)/t13-/m0/s1. The molecular weight excluding hydrogens is 417 g/mol. The van der Waals surface area contributed by atoms with Gasteiger partial charge in [-0.2, -0.15) is 0 Å². The molecule has 3 rings (SSSR count). The molecule has 0 fully saturated rings. The van der Waals surface area contributed by atoms with E-state index in [2.05, 4.69) is 10.6 Å². The molecule has 2 aromatic rings. The zero-order valence-corrected chi connectivity index (χ0v) is 17.3. The maximum Gasteiger partial charge on any atom is 0.238 e. The van der Waals surface area contributed by atoms with Gasteiger partial charge in [0, 0.05) is 0 Å². The number of amides is 2. The number of rotatable bonds is 7. The molecule has 1 aliphatic heterocycles. The van der Waals surface area contributed by atoms with Gasteiger partial charge in [-0.3, -0.25) is 14.5 Å². The van der Waals surface area contributed by atoms with Crippen LogP contribution in [-0.2, 0) is 9.59 Å². The molecule has 1 heterocycles. The Kier molecular flexibility index (Phi) is 7.19. The lowest BCUT2D eigenvalue weighted by atomic mass is 10.2. The maximum atomic E-state index is 12.2. The molecule has 0 aromatic heterocycles. The van der Waals surface area contributed by atoms with Crippen molar-refractivity contribution in [3.63, 3.8) is 0 Å². The smallest absolute Gasteiger partial charge is 0.238 e. The number of ether oxygens (including phenoxy) is 2. The van der Waals surface area contributed by atoms with Gasteiger partial charge < -0.3 is 20.1 Å². The second kappa shape index (κ2) is 9.82. The van der Waals surface area contributed by atoms with Gasteiger partial charge in [0.05, 0.1) is 35.4 Å². The van der Waals surface area contributed by atoms with Gasteiger partial charge in [0.15, 0.2) is 11.5 Å². The predicted molar refractivity (Wildman–Crippen MR) is 112 cm³/mol. The minimum absolute atomic E-state index is 0.00534. The summed E-state index contributed by atoms with van der Waals surface area (Å²) in [5.74, 6) is 0.805. The number of anilines is 1. The first-order valence-electron chi connectivity index (χ1n) is 9.00. The molecule has 29 heavy (non-hydrogen) atoms. The van der Waals surface area contributed by atoms with Gasteiger partial charge in [-0.15, -0.1) is 0 Å². The molecule has 154 valence electrons. The summed E-state index contributed by atoms with van der Waals surface area (Å²) in [4.78, 5) is 25.9. The fraction of sp³-hybridized carbons (Fsp3) is 0.300. The number of halogens is 2. The van der Waals surface area contributed by atoms with Crippen LogP contribution in [0.1, 0.15) is 0 Å². The Bertz CT molecular complexity index is 874. The van der Waals surface area contributed by atoms with Gasteiger partial charge in [-0.1, -0.05) is 41.4 Å². The maximum absolute atomic E-state index is 12.2. The van der Waals surface area contributed by atoms with Crippen molar-refractivity contribution >= 4 is 40.7 Å². The lowest BCUT2D eigenvalue weighted by molar-refractivity contribution is -0.123. The summed E-state index contributed by atoms with van der Waals surface area (Å²) >= 11 is 12.1. The average Bonchev–Trinajstić information content (AvgIpc) is 2.69. The van der Waals surface area contributed by atoms with Crippen LogP contribution in [-0.4, -0.2) is 56.1 Å². The number of carbonyl (C=O) groups excluding carboxylic acids is 2. The number of carbonyl (C=O) groups is 2. The predicted octanol–water partition coefficient (Wildman–Crippen LogP) is 2.82. The molecular formula is C20H21Cl2N3O4. The molecule has 0 unspecified atom stereocenters. The number of benzene rings is 2. The van der Waals surface area contributed by atoms with E-state index in [4.69, 9.17) is 32.7 Å². The molecule has 2 N–H and O–H groups in total. The fourth-order valence-corrected chi connectivity index (χ4v) is 3.28. The van der Waals surface area contributed by atoms with E-state index in [-0.39, 0.29) is 31.0 Å². The van der Waals surface area contributed by atoms with Gasteiger partial charge in [-0.25, -0.2) is 0 Å². The third kappa shape index (κ3) is 6.00. The number of likely N-dealkylation sites (N-methyl/N-ethyl adjacent to an activating group) is 1. The van der Waals surface area contributed by atoms with E-state index < -0.39 is 0 Å².